The highest BCUT2D eigenvalue weighted by atomic mass is 16.5. The third-order valence-corrected chi connectivity index (χ3v) is 5.41. The molecule has 154 valence electrons. The first kappa shape index (κ1) is 20.0. The van der Waals surface area contributed by atoms with E-state index in [-0.39, 0.29) is 12.1 Å². The molecule has 1 unspecified atom stereocenters. The lowest BCUT2D eigenvalue weighted by Crippen LogP contribution is -2.43. The normalized spacial score (nSPS) is 15.4. The Balaban J connectivity index is 1.52. The maximum Gasteiger partial charge on any atom is 0.257 e. The standard InChI is InChI=1S/C26H28N2O2/c1-2-18-28-25(27-23-16-8-6-14-21(23)26(28)29)22-15-7-9-17-24(22)30-19-10-13-20-11-4-3-5-12-20/h3-9,11-12,14-17,25,27H,2,10,13,18-19H2,1H3. The molecule has 0 saturated carbocycles. The molecular weight excluding hydrogens is 372 g/mol. The molecule has 1 amide bonds. The number of anilines is 1. The van der Waals surface area contributed by atoms with Crippen LogP contribution in [0.2, 0.25) is 0 Å². The predicted octanol–water partition coefficient (Wildman–Crippen LogP) is 5.67. The maximum absolute atomic E-state index is 13.2. The van der Waals surface area contributed by atoms with Gasteiger partial charge in [0.1, 0.15) is 11.9 Å². The Labute approximate surface area is 178 Å². The van der Waals surface area contributed by atoms with Crippen LogP contribution in [0.25, 0.3) is 0 Å². The number of aryl methyl sites for hydroxylation is 1. The number of carbonyl (C=O) groups excluding carboxylic acids is 1. The van der Waals surface area contributed by atoms with Crippen LogP contribution >= 0.6 is 0 Å². The Kier molecular flexibility index (Phi) is 6.33. The summed E-state index contributed by atoms with van der Waals surface area (Å²) >= 11 is 0. The maximum atomic E-state index is 13.2. The lowest BCUT2D eigenvalue weighted by Gasteiger charge is -2.38. The minimum absolute atomic E-state index is 0.0649. The van der Waals surface area contributed by atoms with Gasteiger partial charge in [0.05, 0.1) is 12.2 Å². The second kappa shape index (κ2) is 9.49. The van der Waals surface area contributed by atoms with Crippen molar-refractivity contribution < 1.29 is 9.53 Å². The van der Waals surface area contributed by atoms with E-state index in [4.69, 9.17) is 4.74 Å². The number of nitrogens with zero attached hydrogens (tertiary/aromatic N) is 1. The van der Waals surface area contributed by atoms with Crippen LogP contribution in [0, 0.1) is 0 Å². The molecule has 1 aliphatic rings. The third kappa shape index (κ3) is 4.33. The van der Waals surface area contributed by atoms with Crippen LogP contribution in [0.4, 0.5) is 5.69 Å². The van der Waals surface area contributed by atoms with Gasteiger partial charge in [-0.2, -0.15) is 0 Å². The molecule has 4 rings (SSSR count). The van der Waals surface area contributed by atoms with Gasteiger partial charge in [-0.1, -0.05) is 67.6 Å². The SMILES string of the molecule is CCCN1C(=O)c2ccccc2NC1c1ccccc1OCCCc1ccccc1. The van der Waals surface area contributed by atoms with Crippen molar-refractivity contribution in [2.75, 3.05) is 18.5 Å². The first-order valence-electron chi connectivity index (χ1n) is 10.7. The molecule has 1 aliphatic heterocycles. The zero-order chi connectivity index (χ0) is 20.8. The molecule has 0 spiro atoms. The molecule has 3 aromatic carbocycles. The molecule has 0 fully saturated rings. The van der Waals surface area contributed by atoms with Crippen LogP contribution < -0.4 is 10.1 Å². The smallest absolute Gasteiger partial charge is 0.257 e. The van der Waals surface area contributed by atoms with Gasteiger partial charge in [0.15, 0.2) is 0 Å². The molecule has 0 aromatic heterocycles. The van der Waals surface area contributed by atoms with Crippen molar-refractivity contribution in [1.29, 1.82) is 0 Å². The number of hydrogen-bond donors (Lipinski definition) is 1. The number of carbonyl (C=O) groups is 1. The van der Waals surface area contributed by atoms with Gasteiger partial charge in [-0.05, 0) is 43.0 Å². The Morgan fingerprint density at radius 1 is 0.933 bits per heavy atom. The summed E-state index contributed by atoms with van der Waals surface area (Å²) in [5.41, 5.74) is 3.91. The summed E-state index contributed by atoms with van der Waals surface area (Å²) in [6.45, 7) is 3.42. The molecule has 0 radical (unpaired) electrons. The average Bonchev–Trinajstić information content (AvgIpc) is 2.80. The molecule has 3 aromatic rings. The van der Waals surface area contributed by atoms with E-state index in [2.05, 4.69) is 36.5 Å². The zero-order valence-corrected chi connectivity index (χ0v) is 17.4. The summed E-state index contributed by atoms with van der Waals surface area (Å²) in [6.07, 6.45) is 2.58. The van der Waals surface area contributed by atoms with Crippen LogP contribution in [0.1, 0.15) is 47.4 Å². The average molecular weight is 401 g/mol. The van der Waals surface area contributed by atoms with E-state index >= 15 is 0 Å². The number of hydrogen-bond acceptors (Lipinski definition) is 3. The molecule has 4 nitrogen and oxygen atoms in total. The van der Waals surface area contributed by atoms with Crippen molar-refractivity contribution in [2.45, 2.75) is 32.4 Å². The van der Waals surface area contributed by atoms with Crippen LogP contribution in [0.3, 0.4) is 0 Å². The molecule has 0 saturated heterocycles. The van der Waals surface area contributed by atoms with Crippen molar-refractivity contribution in [3.05, 3.63) is 95.6 Å². The molecule has 30 heavy (non-hydrogen) atoms. The van der Waals surface area contributed by atoms with E-state index < -0.39 is 0 Å². The summed E-state index contributed by atoms with van der Waals surface area (Å²) in [5, 5.41) is 3.56. The van der Waals surface area contributed by atoms with Gasteiger partial charge in [0.2, 0.25) is 0 Å². The number of para-hydroxylation sites is 2. The highest BCUT2D eigenvalue weighted by molar-refractivity contribution is 6.01. The second-order valence-electron chi connectivity index (χ2n) is 7.57. The Hall–Kier alpha value is -3.27. The number of fused-ring (bicyclic) bond motifs is 1. The molecule has 0 bridgehead atoms. The van der Waals surface area contributed by atoms with Crippen LogP contribution in [0.5, 0.6) is 5.75 Å². The summed E-state index contributed by atoms with van der Waals surface area (Å²) in [4.78, 5) is 15.1. The molecule has 1 N–H and O–H groups in total. The van der Waals surface area contributed by atoms with Gasteiger partial charge >= 0.3 is 0 Å². The summed E-state index contributed by atoms with van der Waals surface area (Å²) in [5.74, 6) is 0.895. The highest BCUT2D eigenvalue weighted by Crippen LogP contribution is 2.36. The van der Waals surface area contributed by atoms with Crippen molar-refractivity contribution >= 4 is 11.6 Å². The van der Waals surface area contributed by atoms with Crippen molar-refractivity contribution in [3.8, 4) is 5.75 Å². The number of nitrogens with one attached hydrogen (secondary N) is 1. The first-order valence-corrected chi connectivity index (χ1v) is 10.7. The predicted molar refractivity (Wildman–Crippen MR) is 121 cm³/mol. The quantitative estimate of drug-likeness (QED) is 0.495. The summed E-state index contributed by atoms with van der Waals surface area (Å²) in [7, 11) is 0. The van der Waals surface area contributed by atoms with E-state index in [0.29, 0.717) is 13.2 Å². The van der Waals surface area contributed by atoms with Gasteiger partial charge in [0.25, 0.3) is 5.91 Å². The second-order valence-corrected chi connectivity index (χ2v) is 7.57. The molecule has 1 atom stereocenters. The minimum Gasteiger partial charge on any atom is -0.493 e. The number of rotatable bonds is 8. The van der Waals surface area contributed by atoms with Gasteiger partial charge in [-0.15, -0.1) is 0 Å². The van der Waals surface area contributed by atoms with Crippen molar-refractivity contribution in [1.82, 2.24) is 4.90 Å². The monoisotopic (exact) mass is 400 g/mol. The number of amides is 1. The van der Waals surface area contributed by atoms with E-state index in [0.717, 1.165) is 41.8 Å². The van der Waals surface area contributed by atoms with E-state index in [9.17, 15) is 4.79 Å². The van der Waals surface area contributed by atoms with Crippen LogP contribution in [-0.4, -0.2) is 24.0 Å². The molecule has 4 heteroatoms. The van der Waals surface area contributed by atoms with Gasteiger partial charge in [0, 0.05) is 17.8 Å². The first-order chi connectivity index (χ1) is 14.8. The van der Waals surface area contributed by atoms with E-state index in [1.165, 1.54) is 5.56 Å². The number of ether oxygens (including phenoxy) is 1. The zero-order valence-electron chi connectivity index (χ0n) is 17.4. The Bertz CT molecular complexity index is 987. The summed E-state index contributed by atoms with van der Waals surface area (Å²) < 4.78 is 6.18. The minimum atomic E-state index is -0.238. The van der Waals surface area contributed by atoms with Gasteiger partial charge < -0.3 is 15.0 Å². The third-order valence-electron chi connectivity index (χ3n) is 5.41. The lowest BCUT2D eigenvalue weighted by molar-refractivity contribution is 0.0680. The molecule has 0 aliphatic carbocycles. The molecular formula is C26H28N2O2. The Morgan fingerprint density at radius 2 is 1.67 bits per heavy atom. The van der Waals surface area contributed by atoms with Gasteiger partial charge in [-0.3, -0.25) is 4.79 Å². The fourth-order valence-electron chi connectivity index (χ4n) is 3.95. The van der Waals surface area contributed by atoms with E-state index in [1.807, 2.05) is 59.5 Å². The summed E-state index contributed by atoms with van der Waals surface area (Å²) in [6, 6.07) is 26.2. The van der Waals surface area contributed by atoms with Crippen LogP contribution in [-0.2, 0) is 6.42 Å². The topological polar surface area (TPSA) is 41.6 Å². The van der Waals surface area contributed by atoms with E-state index in [1.54, 1.807) is 0 Å². The van der Waals surface area contributed by atoms with Gasteiger partial charge in [-0.25, -0.2) is 0 Å². The lowest BCUT2D eigenvalue weighted by atomic mass is 10.0. The van der Waals surface area contributed by atoms with Crippen molar-refractivity contribution in [3.63, 3.8) is 0 Å². The fraction of sp³-hybridized carbons (Fsp3) is 0.269. The fourth-order valence-corrected chi connectivity index (χ4v) is 3.95. The highest BCUT2D eigenvalue weighted by Gasteiger charge is 2.33. The largest absolute Gasteiger partial charge is 0.493 e. The van der Waals surface area contributed by atoms with Crippen LogP contribution in [0.15, 0.2) is 78.9 Å². The molecule has 1 heterocycles. The Morgan fingerprint density at radius 3 is 2.50 bits per heavy atom. The number of benzene rings is 3. The van der Waals surface area contributed by atoms with Crippen molar-refractivity contribution in [2.24, 2.45) is 0 Å².